The fraction of sp³-hybridized carbons (Fsp3) is 0.486. The van der Waals surface area contributed by atoms with Gasteiger partial charge in [-0.15, -0.1) is 0 Å². The molecule has 5 atom stereocenters. The van der Waals surface area contributed by atoms with Crippen LogP contribution in [0.2, 0.25) is 30.7 Å². The summed E-state index contributed by atoms with van der Waals surface area (Å²) in [6.45, 7) is 14.5. The van der Waals surface area contributed by atoms with Crippen LogP contribution in [0.1, 0.15) is 20.8 Å². The molecule has 13 heteroatoms. The Labute approximate surface area is 327 Å². The predicted octanol–water partition coefficient (Wildman–Crippen LogP) is 0.926. The van der Waals surface area contributed by atoms with Crippen LogP contribution in [0.4, 0.5) is 0 Å². The summed E-state index contributed by atoms with van der Waals surface area (Å²) in [5.74, 6) is 0.0748. The second kappa shape index (κ2) is 17.0. The van der Waals surface area contributed by atoms with E-state index in [-0.39, 0.29) is 93.9 Å². The van der Waals surface area contributed by atoms with Crippen molar-refractivity contribution in [2.24, 2.45) is 11.8 Å². The summed E-state index contributed by atoms with van der Waals surface area (Å²) >= 11 is 6.88. The largest absolute Gasteiger partial charge is 2.00 e. The number of aliphatic hydroxyl groups is 1. The molecule has 4 aromatic rings. The van der Waals surface area contributed by atoms with Gasteiger partial charge in [0.15, 0.2) is 11.8 Å². The average molecular weight is 834 g/mol. The number of hydrogen-bond donors (Lipinski definition) is 1. The Morgan fingerprint density at radius 3 is 2.23 bits per heavy atom. The van der Waals surface area contributed by atoms with E-state index in [1.165, 1.54) is 0 Å². The molecule has 4 heterocycles. The molecule has 2 aliphatic heterocycles. The fourth-order valence-corrected chi connectivity index (χ4v) is 7.10. The summed E-state index contributed by atoms with van der Waals surface area (Å²) in [5.41, 5.74) is 4.27. The maximum atomic E-state index is 10.6. The Morgan fingerprint density at radius 2 is 1.58 bits per heavy atom. The second-order valence-electron chi connectivity index (χ2n) is 14.1. The zero-order valence-electron chi connectivity index (χ0n) is 28.5. The Bertz CT molecular complexity index is 1640. The molecule has 2 aromatic carbocycles. The quantitative estimate of drug-likeness (QED) is 0.178. The van der Waals surface area contributed by atoms with Gasteiger partial charge in [0.1, 0.15) is 12.8 Å². The van der Waals surface area contributed by atoms with Gasteiger partial charge >= 0.3 is 29.1 Å². The van der Waals surface area contributed by atoms with Gasteiger partial charge in [-0.1, -0.05) is 92.8 Å². The number of imidazole rings is 1. The van der Waals surface area contributed by atoms with Gasteiger partial charge in [0.25, 0.3) is 0 Å². The van der Waals surface area contributed by atoms with Crippen molar-refractivity contribution >= 4 is 53.9 Å². The molecule has 1 N–H and O–H groups in total. The van der Waals surface area contributed by atoms with Crippen LogP contribution < -0.4 is 38.7 Å². The normalized spacial score (nSPS) is 21.2. The molecule has 2 saturated heterocycles. The number of fused-ring (bicyclic) bond motifs is 2. The molecule has 2 aliphatic rings. The molecule has 0 radical (unpaired) electrons. The first-order valence-corrected chi connectivity index (χ1v) is 19.9. The van der Waals surface area contributed by atoms with E-state index in [1.54, 1.807) is 0 Å². The molecular weight excluding hydrogens is 790 g/mol. The predicted molar refractivity (Wildman–Crippen MR) is 186 cm³/mol. The Morgan fingerprint density at radius 1 is 0.958 bits per heavy atom. The minimum Gasteiger partial charge on any atom is -1.00 e. The summed E-state index contributed by atoms with van der Waals surface area (Å²) in [6.07, 6.45) is -0.761. The van der Waals surface area contributed by atoms with Crippen LogP contribution in [0.3, 0.4) is 0 Å². The molecule has 2 unspecified atom stereocenters. The molecule has 2 aromatic heterocycles. The monoisotopic (exact) mass is 831 g/mol. The summed E-state index contributed by atoms with van der Waals surface area (Å²) in [7, 11) is -1.27. The van der Waals surface area contributed by atoms with Crippen LogP contribution in [0.5, 0.6) is 6.01 Å². The number of ether oxygens (including phenoxy) is 4. The third-order valence-corrected chi connectivity index (χ3v) is 11.2. The Hall–Kier alpha value is -1.07. The fourth-order valence-electron chi connectivity index (χ4n) is 6.09. The average Bonchev–Trinajstić information content (AvgIpc) is 3.69. The Kier molecular flexibility index (Phi) is 14.6. The molecular formula is C35H44Br2ClMgN3O5Si. The van der Waals surface area contributed by atoms with Gasteiger partial charge in [-0.05, 0) is 43.0 Å². The molecule has 0 saturated carbocycles. The minimum atomic E-state index is -1.27. The molecule has 0 aliphatic carbocycles. The van der Waals surface area contributed by atoms with Gasteiger partial charge in [0.2, 0.25) is 0 Å². The van der Waals surface area contributed by atoms with Crippen LogP contribution in [0.25, 0.3) is 33.5 Å². The Balaban J connectivity index is 0.00000208. The number of nitrogens with zero attached hydrogens (tertiary/aromatic N) is 3. The second-order valence-corrected chi connectivity index (χ2v) is 20.2. The summed E-state index contributed by atoms with van der Waals surface area (Å²) in [4.78, 5) is 9.77. The van der Waals surface area contributed by atoms with Gasteiger partial charge in [-0.2, -0.15) is 4.98 Å². The maximum absolute atomic E-state index is 10.6. The van der Waals surface area contributed by atoms with Gasteiger partial charge in [0.05, 0.1) is 41.2 Å². The van der Waals surface area contributed by atoms with Crippen LogP contribution in [0.15, 0.2) is 60.7 Å². The zero-order valence-corrected chi connectivity index (χ0v) is 34.8. The van der Waals surface area contributed by atoms with Crippen LogP contribution >= 0.6 is 11.6 Å². The first-order chi connectivity index (χ1) is 21.4. The standard InChI is InChI=1S/C35H44ClN3O5Si.2BrH.Mg/c1-22(35(2,3)40)26-19-42-32-29(20-43-31(26)32)44-34-38-33-28(39(34)21-41-16-17-45(4,5)6)18-27(36)30(37-33)25-14-12-24(13-15-25)23-10-8-7-9-11-23;;;/h7-15,18,22,26,29,31-32,40H,16-17,19-21H2,1-6H3;2*1H;/q;;;+2/p-2/t22?,26?,29-,31-,32-;;;/m1.../s1. The number of hydrogen-bond acceptors (Lipinski definition) is 7. The SMILES string of the molecule is CC(C1CO[C@H]2[C@@H]1OC[C@H]2Oc1nc2nc(-c3ccc(-c4ccccc4)cc3)c(Cl)cc2n1COCC[Si](C)(C)C)C(C)(C)O.[Br-].[Br-].[Mg+2]. The van der Waals surface area contributed by atoms with E-state index < -0.39 is 13.7 Å². The van der Waals surface area contributed by atoms with E-state index in [2.05, 4.69) is 43.9 Å². The van der Waals surface area contributed by atoms with Crippen molar-refractivity contribution in [1.29, 1.82) is 0 Å². The smallest absolute Gasteiger partial charge is 1.00 e. The van der Waals surface area contributed by atoms with Crippen molar-refractivity contribution in [3.05, 3.63) is 65.7 Å². The first-order valence-electron chi connectivity index (χ1n) is 15.8. The molecule has 8 nitrogen and oxygen atoms in total. The van der Waals surface area contributed by atoms with E-state index in [1.807, 2.05) is 61.7 Å². The molecule has 256 valence electrons. The molecule has 0 bridgehead atoms. The van der Waals surface area contributed by atoms with Crippen molar-refractivity contribution in [3.8, 4) is 28.4 Å². The van der Waals surface area contributed by atoms with E-state index in [9.17, 15) is 5.11 Å². The summed E-state index contributed by atoms with van der Waals surface area (Å²) in [5, 5.41) is 11.2. The van der Waals surface area contributed by atoms with E-state index >= 15 is 0 Å². The van der Waals surface area contributed by atoms with Gasteiger partial charge in [-0.3, -0.25) is 4.57 Å². The topological polar surface area (TPSA) is 87.9 Å². The van der Waals surface area contributed by atoms with Crippen LogP contribution in [-0.2, 0) is 20.9 Å². The number of halogens is 3. The molecule has 0 spiro atoms. The van der Waals surface area contributed by atoms with Gasteiger partial charge < -0.3 is 58.0 Å². The number of pyridine rings is 1. The van der Waals surface area contributed by atoms with Crippen molar-refractivity contribution in [3.63, 3.8) is 0 Å². The molecule has 2 fully saturated rings. The van der Waals surface area contributed by atoms with Crippen LogP contribution in [-0.4, -0.2) is 94.5 Å². The summed E-state index contributed by atoms with van der Waals surface area (Å²) < 4.78 is 27.1. The number of aromatic nitrogens is 3. The molecule has 6 rings (SSSR count). The van der Waals surface area contributed by atoms with Crippen molar-refractivity contribution in [2.45, 2.75) is 77.1 Å². The van der Waals surface area contributed by atoms with Crippen molar-refractivity contribution in [1.82, 2.24) is 14.5 Å². The summed E-state index contributed by atoms with van der Waals surface area (Å²) in [6, 6.07) is 21.8. The van der Waals surface area contributed by atoms with Crippen molar-refractivity contribution < 1.29 is 58.0 Å². The zero-order chi connectivity index (χ0) is 31.9. The third kappa shape index (κ3) is 9.23. The molecule has 48 heavy (non-hydrogen) atoms. The van der Waals surface area contributed by atoms with Crippen LogP contribution in [0, 0.1) is 11.8 Å². The minimum absolute atomic E-state index is 0. The van der Waals surface area contributed by atoms with Gasteiger partial charge in [0, 0.05) is 26.2 Å². The van der Waals surface area contributed by atoms with Gasteiger partial charge in [-0.25, -0.2) is 4.98 Å². The van der Waals surface area contributed by atoms with E-state index in [0.29, 0.717) is 42.2 Å². The maximum Gasteiger partial charge on any atom is 2.00 e. The van der Waals surface area contributed by atoms with E-state index in [0.717, 1.165) is 28.3 Å². The number of rotatable bonds is 11. The number of benzene rings is 2. The van der Waals surface area contributed by atoms with E-state index in [4.69, 9.17) is 40.5 Å². The first kappa shape index (κ1) is 41.4. The third-order valence-electron chi connectivity index (χ3n) is 9.20. The molecule has 0 amide bonds. The van der Waals surface area contributed by atoms with Crippen molar-refractivity contribution in [2.75, 3.05) is 19.8 Å².